The summed E-state index contributed by atoms with van der Waals surface area (Å²) in [6, 6.07) is 3.28. The summed E-state index contributed by atoms with van der Waals surface area (Å²) in [6.07, 6.45) is 0.655. The molecule has 0 atom stereocenters. The molecule has 0 spiro atoms. The average Bonchev–Trinajstić information content (AvgIpc) is 2.47. The van der Waals surface area contributed by atoms with E-state index in [2.05, 4.69) is 15.9 Å². The maximum atomic E-state index is 10.5. The number of hydrogen-bond acceptors (Lipinski definition) is 3. The lowest BCUT2D eigenvalue weighted by molar-refractivity contribution is 0.112. The minimum Gasteiger partial charge on any atom is -0.507 e. The molecule has 4 heteroatoms. The summed E-state index contributed by atoms with van der Waals surface area (Å²) >= 11 is 4.89. The second-order valence-electron chi connectivity index (χ2n) is 2.61. The largest absolute Gasteiger partial charge is 0.507 e. The highest BCUT2D eigenvalue weighted by molar-refractivity contribution is 9.10. The Labute approximate surface area is 86.9 Å². The Morgan fingerprint density at radius 3 is 2.92 bits per heavy atom. The van der Waals surface area contributed by atoms with E-state index in [1.54, 1.807) is 12.1 Å². The van der Waals surface area contributed by atoms with Crippen LogP contribution < -0.4 is 0 Å². The Bertz CT molecular complexity index is 476. The van der Waals surface area contributed by atoms with E-state index < -0.39 is 0 Å². The number of aromatic hydroxyl groups is 1. The second kappa shape index (κ2) is 3.12. The smallest absolute Gasteiger partial charge is 0.153 e. The van der Waals surface area contributed by atoms with Gasteiger partial charge in [0.1, 0.15) is 5.75 Å². The van der Waals surface area contributed by atoms with Gasteiger partial charge in [0.05, 0.1) is 5.56 Å². The van der Waals surface area contributed by atoms with Crippen molar-refractivity contribution in [3.63, 3.8) is 0 Å². The maximum absolute atomic E-state index is 10.5. The lowest BCUT2D eigenvalue weighted by Crippen LogP contribution is -1.79. The number of benzene rings is 1. The normalized spacial score (nSPS) is 10.5. The van der Waals surface area contributed by atoms with Crippen molar-refractivity contribution in [1.29, 1.82) is 0 Å². The van der Waals surface area contributed by atoms with Crippen molar-refractivity contribution in [3.05, 3.63) is 27.5 Å². The molecule has 0 bridgehead atoms. The van der Waals surface area contributed by atoms with Crippen LogP contribution in [0.15, 0.2) is 22.0 Å². The Hall–Kier alpha value is -0.870. The van der Waals surface area contributed by atoms with Crippen molar-refractivity contribution < 1.29 is 9.90 Å². The van der Waals surface area contributed by atoms with Crippen LogP contribution in [0.4, 0.5) is 0 Å². The predicted molar refractivity (Wildman–Crippen MR) is 56.6 cm³/mol. The Morgan fingerprint density at radius 1 is 1.46 bits per heavy atom. The Morgan fingerprint density at radius 2 is 2.23 bits per heavy atom. The van der Waals surface area contributed by atoms with Crippen LogP contribution in [0, 0.1) is 0 Å². The monoisotopic (exact) mass is 256 g/mol. The number of fused-ring (bicyclic) bond motifs is 1. The average molecular weight is 257 g/mol. The summed E-state index contributed by atoms with van der Waals surface area (Å²) in [6.45, 7) is 0. The zero-order valence-corrected chi connectivity index (χ0v) is 8.85. The molecule has 0 amide bonds. The first-order chi connectivity index (χ1) is 6.22. The van der Waals surface area contributed by atoms with Gasteiger partial charge in [-0.2, -0.15) is 0 Å². The van der Waals surface area contributed by atoms with Gasteiger partial charge >= 0.3 is 0 Å². The standard InChI is InChI=1S/C9H5BrO2S/c10-7-4-13-9-1-5(3-11)8(12)2-6(7)9/h1-4,12H. The summed E-state index contributed by atoms with van der Waals surface area (Å²) in [5.41, 5.74) is 0.335. The predicted octanol–water partition coefficient (Wildman–Crippen LogP) is 3.18. The maximum Gasteiger partial charge on any atom is 0.153 e. The molecule has 1 heterocycles. The molecule has 2 aromatic rings. The minimum absolute atomic E-state index is 0.0293. The fraction of sp³-hybridized carbons (Fsp3) is 0. The van der Waals surface area contributed by atoms with Gasteiger partial charge in [-0.1, -0.05) is 0 Å². The molecule has 1 aromatic carbocycles. The molecule has 2 nitrogen and oxygen atoms in total. The third-order valence-electron chi connectivity index (χ3n) is 1.80. The molecule has 1 aromatic heterocycles. The van der Waals surface area contributed by atoms with Crippen molar-refractivity contribution in [1.82, 2.24) is 0 Å². The van der Waals surface area contributed by atoms with Crippen LogP contribution in [0.1, 0.15) is 10.4 Å². The van der Waals surface area contributed by atoms with Gasteiger partial charge in [0.25, 0.3) is 0 Å². The number of carbonyl (C=O) groups excluding carboxylic acids is 1. The van der Waals surface area contributed by atoms with Crippen LogP contribution in [-0.2, 0) is 0 Å². The van der Waals surface area contributed by atoms with Gasteiger partial charge in [0.2, 0.25) is 0 Å². The fourth-order valence-corrected chi connectivity index (χ4v) is 2.73. The first-order valence-corrected chi connectivity index (χ1v) is 5.24. The number of thiophene rings is 1. The SMILES string of the molecule is O=Cc1cc2scc(Br)c2cc1O. The molecule has 13 heavy (non-hydrogen) atoms. The van der Waals surface area contributed by atoms with Crippen molar-refractivity contribution >= 4 is 43.6 Å². The van der Waals surface area contributed by atoms with Gasteiger partial charge < -0.3 is 5.11 Å². The molecule has 66 valence electrons. The minimum atomic E-state index is 0.0293. The molecule has 0 saturated carbocycles. The van der Waals surface area contributed by atoms with Crippen LogP contribution in [0.25, 0.3) is 10.1 Å². The molecule has 2 rings (SSSR count). The third-order valence-corrected chi connectivity index (χ3v) is 3.71. The summed E-state index contributed by atoms with van der Waals surface area (Å²) in [5.74, 6) is 0.0293. The lowest BCUT2D eigenvalue weighted by Gasteiger charge is -1.97. The van der Waals surface area contributed by atoms with Crippen LogP contribution in [-0.4, -0.2) is 11.4 Å². The third kappa shape index (κ3) is 1.36. The summed E-state index contributed by atoms with van der Waals surface area (Å²) in [7, 11) is 0. The van der Waals surface area contributed by atoms with Gasteiger partial charge in [-0.15, -0.1) is 11.3 Å². The molecule has 0 aliphatic carbocycles. The van der Waals surface area contributed by atoms with Crippen molar-refractivity contribution in [2.24, 2.45) is 0 Å². The number of aldehydes is 1. The quantitative estimate of drug-likeness (QED) is 0.796. The molecule has 1 N–H and O–H groups in total. The van der Waals surface area contributed by atoms with E-state index in [1.165, 1.54) is 11.3 Å². The van der Waals surface area contributed by atoms with Gasteiger partial charge in [0.15, 0.2) is 6.29 Å². The molecule has 0 aliphatic heterocycles. The Balaban J connectivity index is 2.83. The highest BCUT2D eigenvalue weighted by Gasteiger charge is 2.06. The fourth-order valence-electron chi connectivity index (χ4n) is 1.14. The number of halogens is 1. The molecular formula is C9H5BrO2S. The molecule has 0 aliphatic rings. The van der Waals surface area contributed by atoms with Gasteiger partial charge in [-0.05, 0) is 28.1 Å². The van der Waals surface area contributed by atoms with E-state index in [4.69, 9.17) is 0 Å². The second-order valence-corrected chi connectivity index (χ2v) is 4.37. The van der Waals surface area contributed by atoms with E-state index in [0.29, 0.717) is 11.8 Å². The molecule has 0 fully saturated rings. The number of carbonyl (C=O) groups is 1. The molecule has 0 radical (unpaired) electrons. The molecule has 0 unspecified atom stereocenters. The number of phenolic OH excluding ortho intramolecular Hbond substituents is 1. The summed E-state index contributed by atoms with van der Waals surface area (Å²) < 4.78 is 1.94. The zero-order valence-electron chi connectivity index (χ0n) is 6.45. The lowest BCUT2D eigenvalue weighted by atomic mass is 10.2. The van der Waals surface area contributed by atoms with Crippen molar-refractivity contribution in [3.8, 4) is 5.75 Å². The number of hydrogen-bond donors (Lipinski definition) is 1. The van der Waals surface area contributed by atoms with Crippen LogP contribution in [0.3, 0.4) is 0 Å². The Kier molecular flexibility index (Phi) is 2.09. The summed E-state index contributed by atoms with van der Waals surface area (Å²) in [5, 5.41) is 12.3. The van der Waals surface area contributed by atoms with E-state index in [9.17, 15) is 9.90 Å². The van der Waals surface area contributed by atoms with Crippen molar-refractivity contribution in [2.75, 3.05) is 0 Å². The van der Waals surface area contributed by atoms with Crippen LogP contribution >= 0.6 is 27.3 Å². The number of phenols is 1. The summed E-state index contributed by atoms with van der Waals surface area (Å²) in [4.78, 5) is 10.5. The van der Waals surface area contributed by atoms with Gasteiger partial charge in [-0.3, -0.25) is 4.79 Å². The topological polar surface area (TPSA) is 37.3 Å². The van der Waals surface area contributed by atoms with E-state index >= 15 is 0 Å². The van der Waals surface area contributed by atoms with E-state index in [1.807, 2.05) is 5.38 Å². The first kappa shape index (κ1) is 8.72. The zero-order chi connectivity index (χ0) is 9.42. The first-order valence-electron chi connectivity index (χ1n) is 3.57. The molecule has 0 saturated heterocycles. The highest BCUT2D eigenvalue weighted by atomic mass is 79.9. The van der Waals surface area contributed by atoms with Crippen LogP contribution in [0.5, 0.6) is 5.75 Å². The van der Waals surface area contributed by atoms with Gasteiger partial charge in [-0.25, -0.2) is 0 Å². The van der Waals surface area contributed by atoms with Crippen LogP contribution in [0.2, 0.25) is 0 Å². The van der Waals surface area contributed by atoms with Crippen molar-refractivity contribution in [2.45, 2.75) is 0 Å². The van der Waals surface area contributed by atoms with E-state index in [0.717, 1.165) is 14.6 Å². The highest BCUT2D eigenvalue weighted by Crippen LogP contribution is 2.34. The molecular weight excluding hydrogens is 252 g/mol. The number of rotatable bonds is 1. The van der Waals surface area contributed by atoms with E-state index in [-0.39, 0.29) is 5.75 Å². The van der Waals surface area contributed by atoms with Gasteiger partial charge in [0, 0.05) is 19.9 Å².